The molecule has 2 aromatic heterocycles. The van der Waals surface area contributed by atoms with Crippen molar-refractivity contribution in [2.75, 3.05) is 11.9 Å². The molecule has 0 radical (unpaired) electrons. The van der Waals surface area contributed by atoms with Crippen molar-refractivity contribution in [1.82, 2.24) is 4.57 Å². The average Bonchev–Trinajstić information content (AvgIpc) is 3.43. The summed E-state index contributed by atoms with van der Waals surface area (Å²) in [6, 6.07) is 11.9. The summed E-state index contributed by atoms with van der Waals surface area (Å²) in [5.74, 6) is 0. The number of thioether (sulfide) groups is 1. The van der Waals surface area contributed by atoms with Crippen molar-refractivity contribution in [3.63, 3.8) is 0 Å². The number of hydrogen-bond donors (Lipinski definition) is 0. The Labute approximate surface area is 223 Å². The summed E-state index contributed by atoms with van der Waals surface area (Å²) in [5.41, 5.74) is 1.11. The molecule has 5 rings (SSSR count). The molecule has 2 aromatic carbocycles. The van der Waals surface area contributed by atoms with Gasteiger partial charge in [-0.1, -0.05) is 35.2 Å². The van der Waals surface area contributed by atoms with Gasteiger partial charge in [0.05, 0.1) is 26.9 Å². The normalized spacial score (nSPS) is 15.7. The highest BCUT2D eigenvalue weighted by Gasteiger charge is 2.32. The van der Waals surface area contributed by atoms with Crippen molar-refractivity contribution in [2.45, 2.75) is 24.5 Å². The van der Waals surface area contributed by atoms with E-state index in [1.54, 1.807) is 16.3 Å². The Bertz CT molecular complexity index is 1670. The first-order valence-electron chi connectivity index (χ1n) is 10.8. The Morgan fingerprint density at radius 3 is 2.53 bits per heavy atom. The topological polar surface area (TPSA) is 29.1 Å². The molecule has 0 saturated carbocycles. The van der Waals surface area contributed by atoms with Crippen LogP contribution < -0.4 is 36.6 Å². The summed E-state index contributed by atoms with van der Waals surface area (Å²) in [6.45, 7) is 2.41. The van der Waals surface area contributed by atoms with E-state index in [9.17, 15) is 18.0 Å². The van der Waals surface area contributed by atoms with E-state index in [0.29, 0.717) is 21.3 Å². The Balaban J connectivity index is 0.00000304. The first-order valence-corrected chi connectivity index (χ1v) is 13.3. The molecule has 0 fully saturated rings. The van der Waals surface area contributed by atoms with Gasteiger partial charge in [-0.05, 0) is 43.3 Å². The first-order chi connectivity index (χ1) is 16.7. The molecule has 188 valence electrons. The number of para-hydroxylation sites is 1. The quantitative estimate of drug-likeness (QED) is 0.353. The summed E-state index contributed by atoms with van der Waals surface area (Å²) in [5, 5.41) is 1.80. The number of hydrogen-bond acceptors (Lipinski definition) is 5. The Hall–Kier alpha value is -2.53. The number of aromatic nitrogens is 2. The molecule has 1 aliphatic heterocycles. The maximum Gasteiger partial charge on any atom is 0.416 e. The van der Waals surface area contributed by atoms with Crippen LogP contribution in [0.3, 0.4) is 0 Å². The molecule has 0 atom stereocenters. The van der Waals surface area contributed by atoms with Crippen molar-refractivity contribution in [3.05, 3.63) is 83.7 Å². The minimum atomic E-state index is -4.39. The van der Waals surface area contributed by atoms with Crippen LogP contribution in [0.4, 0.5) is 18.9 Å². The van der Waals surface area contributed by atoms with Crippen molar-refractivity contribution < 1.29 is 30.1 Å². The Morgan fingerprint density at radius 1 is 1.08 bits per heavy atom. The lowest BCUT2D eigenvalue weighted by Crippen LogP contribution is -3.00. The highest BCUT2D eigenvalue weighted by Crippen LogP contribution is 2.44. The summed E-state index contributed by atoms with van der Waals surface area (Å²) >= 11 is 4.32. The zero-order valence-electron chi connectivity index (χ0n) is 19.5. The fraction of sp³-hybridized carbons (Fsp3) is 0.200. The van der Waals surface area contributed by atoms with Gasteiger partial charge in [-0.3, -0.25) is 9.36 Å². The fourth-order valence-electron chi connectivity index (χ4n) is 3.95. The number of fused-ring (bicyclic) bond motifs is 2. The van der Waals surface area contributed by atoms with E-state index in [1.165, 1.54) is 39.7 Å². The number of thiazole rings is 2. The van der Waals surface area contributed by atoms with Crippen molar-refractivity contribution in [3.8, 4) is 0 Å². The van der Waals surface area contributed by atoms with Gasteiger partial charge in [-0.15, -0.1) is 11.3 Å². The van der Waals surface area contributed by atoms with Crippen molar-refractivity contribution in [2.24, 2.45) is 7.05 Å². The lowest BCUT2D eigenvalue weighted by molar-refractivity contribution is -0.642. The predicted octanol–water partition coefficient (Wildman–Crippen LogP) is 1.68. The largest absolute Gasteiger partial charge is 1.00 e. The van der Waals surface area contributed by atoms with Gasteiger partial charge in [0.15, 0.2) is 0 Å². The van der Waals surface area contributed by atoms with Crippen molar-refractivity contribution in [1.29, 1.82) is 0 Å². The smallest absolute Gasteiger partial charge is 0.416 e. The van der Waals surface area contributed by atoms with Gasteiger partial charge in [0.1, 0.15) is 16.4 Å². The fourth-order valence-corrected chi connectivity index (χ4v) is 7.26. The molecule has 0 unspecified atom stereocenters. The third-order valence-corrected chi connectivity index (χ3v) is 9.25. The molecule has 0 bridgehead atoms. The monoisotopic (exact) mass is 567 g/mol. The summed E-state index contributed by atoms with van der Waals surface area (Å²) in [6.07, 6.45) is 1.30. The van der Waals surface area contributed by atoms with Gasteiger partial charge in [0, 0.05) is 24.6 Å². The third-order valence-electron chi connectivity index (χ3n) is 5.84. The van der Waals surface area contributed by atoms with E-state index in [4.69, 9.17) is 0 Å². The number of rotatable bonds is 3. The van der Waals surface area contributed by atoms with E-state index >= 15 is 0 Å². The molecule has 0 spiro atoms. The molecular formula is C25H21ClF3N3OS3. The number of alkyl halides is 3. The van der Waals surface area contributed by atoms with Crippen LogP contribution in [0, 0.1) is 0 Å². The molecular weight excluding hydrogens is 547 g/mol. The number of nitrogens with zero attached hydrogens (tertiary/aromatic N) is 3. The SMILES string of the molecule is CCn1c(=O)/c(=C/C=C2\Sc3ccccc3N2C)s/c1=C\c1sc2cc(C(F)(F)F)ccc2[n+]1C.[Cl-]. The summed E-state index contributed by atoms with van der Waals surface area (Å²) < 4.78 is 44.9. The zero-order chi connectivity index (χ0) is 24.9. The summed E-state index contributed by atoms with van der Waals surface area (Å²) in [4.78, 5) is 16.3. The van der Waals surface area contributed by atoms with E-state index < -0.39 is 11.7 Å². The second kappa shape index (κ2) is 10.1. The van der Waals surface area contributed by atoms with Gasteiger partial charge in [-0.25, -0.2) is 0 Å². The van der Waals surface area contributed by atoms with Crippen LogP contribution in [0.25, 0.3) is 22.4 Å². The van der Waals surface area contributed by atoms with Gasteiger partial charge in [0.25, 0.3) is 10.6 Å². The predicted molar refractivity (Wildman–Crippen MR) is 138 cm³/mol. The van der Waals surface area contributed by atoms with E-state index in [0.717, 1.165) is 26.5 Å². The van der Waals surface area contributed by atoms with E-state index in [2.05, 4.69) is 17.0 Å². The standard InChI is InChI=1S/C25H21F3N3OS3.ClH/c1-4-31-23(14-22-30(3)17-10-9-15(25(26,27)28)13-20(17)35-22)34-19(24(31)32)11-12-21-29(2)16-7-5-6-8-18(16)33-21;/h5-14H,4H2,1-3H3;1H/q+1;/p-1/b19-11-,21-12-;. The molecule has 4 nitrogen and oxygen atoms in total. The second-order valence-corrected chi connectivity index (χ2v) is 11.2. The lowest BCUT2D eigenvalue weighted by atomic mass is 10.2. The third kappa shape index (κ3) is 4.74. The molecule has 3 heterocycles. The van der Waals surface area contributed by atoms with Crippen molar-refractivity contribution >= 4 is 62.5 Å². The van der Waals surface area contributed by atoms with Gasteiger partial charge < -0.3 is 17.3 Å². The molecule has 0 N–H and O–H groups in total. The number of anilines is 1. The summed E-state index contributed by atoms with van der Waals surface area (Å²) in [7, 11) is 3.82. The van der Waals surface area contributed by atoms with Crippen LogP contribution in [0.1, 0.15) is 17.5 Å². The van der Waals surface area contributed by atoms with Crippen LogP contribution in [0.5, 0.6) is 0 Å². The first kappa shape index (κ1) is 26.5. The van der Waals surface area contributed by atoms with Crippen LogP contribution in [0.15, 0.2) is 63.3 Å². The van der Waals surface area contributed by atoms with Gasteiger partial charge in [0.2, 0.25) is 5.52 Å². The molecule has 0 saturated heterocycles. The maximum absolute atomic E-state index is 13.1. The molecule has 1 aliphatic rings. The van der Waals surface area contributed by atoms with Crippen LogP contribution in [0.2, 0.25) is 0 Å². The molecule has 36 heavy (non-hydrogen) atoms. The Kier molecular flexibility index (Phi) is 7.43. The Morgan fingerprint density at radius 2 is 1.83 bits per heavy atom. The number of allylic oxidation sites excluding steroid dienone is 1. The van der Waals surface area contributed by atoms with Crippen LogP contribution in [-0.2, 0) is 19.8 Å². The minimum absolute atomic E-state index is 0. The van der Waals surface area contributed by atoms with Gasteiger partial charge >= 0.3 is 6.18 Å². The molecule has 0 amide bonds. The van der Waals surface area contributed by atoms with E-state index in [-0.39, 0.29) is 18.0 Å². The highest BCUT2D eigenvalue weighted by atomic mass is 35.5. The van der Waals surface area contributed by atoms with Crippen LogP contribution >= 0.6 is 34.4 Å². The number of benzene rings is 2. The number of aryl methyl sites for hydroxylation is 1. The minimum Gasteiger partial charge on any atom is -1.00 e. The lowest BCUT2D eigenvalue weighted by Gasteiger charge is -2.12. The van der Waals surface area contributed by atoms with E-state index in [1.807, 2.05) is 55.9 Å². The number of halogens is 4. The molecule has 11 heteroatoms. The van der Waals surface area contributed by atoms with Crippen LogP contribution in [-0.4, -0.2) is 11.6 Å². The maximum atomic E-state index is 13.1. The molecule has 0 aliphatic carbocycles. The zero-order valence-corrected chi connectivity index (χ0v) is 22.7. The highest BCUT2D eigenvalue weighted by molar-refractivity contribution is 8.03. The molecule has 4 aromatic rings. The van der Waals surface area contributed by atoms with Gasteiger partial charge in [-0.2, -0.15) is 17.7 Å². The average molecular weight is 568 g/mol. The second-order valence-electron chi connectivity index (χ2n) is 7.98.